The molecule has 160 valence electrons. The topological polar surface area (TPSA) is 51.2 Å². The van der Waals surface area contributed by atoms with E-state index in [0.29, 0.717) is 0 Å². The number of para-hydroxylation sites is 2. The van der Waals surface area contributed by atoms with E-state index in [0.717, 1.165) is 44.4 Å². The average molecular weight is 449 g/mol. The Labute approximate surface area is 195 Å². The summed E-state index contributed by atoms with van der Waals surface area (Å²) in [5, 5.41) is 4.07. The fourth-order valence-corrected chi connectivity index (χ4v) is 5.33. The summed E-state index contributed by atoms with van der Waals surface area (Å²) in [6.45, 7) is 2.09. The monoisotopic (exact) mass is 448 g/mol. The summed E-state index contributed by atoms with van der Waals surface area (Å²) in [5.41, 5.74) is 5.77. The third-order valence-corrected chi connectivity index (χ3v) is 6.95. The molecule has 0 spiro atoms. The Kier molecular flexibility index (Phi) is 4.70. The summed E-state index contributed by atoms with van der Waals surface area (Å²) in [7, 11) is 0. The van der Waals surface area contributed by atoms with E-state index in [1.165, 1.54) is 10.3 Å². The molecule has 0 atom stereocenters. The fourth-order valence-electron chi connectivity index (χ4n) is 4.26. The molecule has 33 heavy (non-hydrogen) atoms. The summed E-state index contributed by atoms with van der Waals surface area (Å²) in [5.74, 6) is 0.926. The van der Waals surface area contributed by atoms with Crippen molar-refractivity contribution in [2.75, 3.05) is 5.32 Å². The number of nitrogens with zero attached hydrogens (tertiary/aromatic N) is 1. The number of nitrogens with one attached hydrogen (secondary N) is 1. The van der Waals surface area contributed by atoms with Crippen LogP contribution in [0.2, 0.25) is 0 Å². The number of hydrogen-bond acceptors (Lipinski definition) is 4. The highest BCUT2D eigenvalue weighted by Gasteiger charge is 2.32. The molecule has 1 aromatic heterocycles. The molecule has 0 saturated heterocycles. The molecule has 4 nitrogen and oxygen atoms in total. The maximum absolute atomic E-state index is 13.4. The minimum absolute atomic E-state index is 0.0820. The van der Waals surface area contributed by atoms with Crippen molar-refractivity contribution in [1.82, 2.24) is 4.98 Å². The summed E-state index contributed by atoms with van der Waals surface area (Å²) in [6, 6.07) is 29.6. The van der Waals surface area contributed by atoms with Crippen LogP contribution in [0, 0.1) is 6.92 Å². The van der Waals surface area contributed by atoms with Crippen LogP contribution in [0.1, 0.15) is 22.6 Å². The summed E-state index contributed by atoms with van der Waals surface area (Å²) < 4.78 is 7.20. The smallest absolute Gasteiger partial charge is 0.236 e. The summed E-state index contributed by atoms with van der Waals surface area (Å²) in [6.07, 6.45) is 0. The van der Waals surface area contributed by atoms with Crippen LogP contribution in [0.4, 0.5) is 5.69 Å². The summed E-state index contributed by atoms with van der Waals surface area (Å²) in [4.78, 5) is 18.2. The minimum Gasteiger partial charge on any atom is -0.457 e. The second kappa shape index (κ2) is 7.87. The molecule has 0 saturated carbocycles. The van der Waals surface area contributed by atoms with Gasteiger partial charge in [0.1, 0.15) is 16.5 Å². The summed E-state index contributed by atoms with van der Waals surface area (Å²) >= 11 is 1.68. The Hall–Kier alpha value is -3.96. The molecule has 5 heteroatoms. The molecule has 4 aromatic carbocycles. The largest absolute Gasteiger partial charge is 0.457 e. The highest BCUT2D eigenvalue weighted by molar-refractivity contribution is 7.21. The Balaban J connectivity index is 1.28. The van der Waals surface area contributed by atoms with Crippen molar-refractivity contribution in [3.63, 3.8) is 0 Å². The Morgan fingerprint density at radius 3 is 2.24 bits per heavy atom. The first-order valence-corrected chi connectivity index (χ1v) is 11.6. The van der Waals surface area contributed by atoms with Gasteiger partial charge in [-0.25, -0.2) is 4.98 Å². The van der Waals surface area contributed by atoms with E-state index < -0.39 is 5.92 Å². The number of carbonyl (C=O) groups excluding carboxylic acids is 1. The van der Waals surface area contributed by atoms with Crippen molar-refractivity contribution in [1.29, 1.82) is 0 Å². The second-order valence-corrected chi connectivity index (χ2v) is 9.20. The number of carbonyl (C=O) groups is 1. The highest BCUT2D eigenvalue weighted by atomic mass is 32.1. The van der Waals surface area contributed by atoms with E-state index >= 15 is 0 Å². The van der Waals surface area contributed by atoms with Crippen molar-refractivity contribution in [2.24, 2.45) is 0 Å². The van der Waals surface area contributed by atoms with Crippen LogP contribution >= 0.6 is 11.3 Å². The third-order valence-electron chi connectivity index (χ3n) is 5.89. The number of ether oxygens (including phenoxy) is 1. The van der Waals surface area contributed by atoms with Gasteiger partial charge in [0, 0.05) is 22.4 Å². The van der Waals surface area contributed by atoms with Crippen molar-refractivity contribution >= 4 is 33.1 Å². The van der Waals surface area contributed by atoms with Gasteiger partial charge in [-0.15, -0.1) is 11.3 Å². The zero-order chi connectivity index (χ0) is 22.4. The molecule has 1 N–H and O–H groups in total. The van der Waals surface area contributed by atoms with Gasteiger partial charge in [0.05, 0.1) is 16.1 Å². The third kappa shape index (κ3) is 3.56. The molecule has 1 aliphatic rings. The van der Waals surface area contributed by atoms with Gasteiger partial charge < -0.3 is 10.1 Å². The lowest BCUT2D eigenvalue weighted by Gasteiger charge is -2.27. The van der Waals surface area contributed by atoms with Gasteiger partial charge in [-0.1, -0.05) is 42.5 Å². The van der Waals surface area contributed by atoms with Gasteiger partial charge in [0.15, 0.2) is 0 Å². The Morgan fingerprint density at radius 2 is 1.55 bits per heavy atom. The number of fused-ring (bicyclic) bond motifs is 3. The molecule has 1 amide bonds. The van der Waals surface area contributed by atoms with Gasteiger partial charge in [-0.3, -0.25) is 4.79 Å². The van der Waals surface area contributed by atoms with Crippen LogP contribution in [0.3, 0.4) is 0 Å². The molecule has 5 aromatic rings. The number of rotatable bonds is 3. The Bertz CT molecular complexity index is 1460. The van der Waals surface area contributed by atoms with E-state index in [1.54, 1.807) is 11.3 Å². The van der Waals surface area contributed by atoms with Gasteiger partial charge in [0.25, 0.3) is 0 Å². The molecule has 0 radical (unpaired) electrons. The molecule has 0 unspecified atom stereocenters. The number of aryl methyl sites for hydroxylation is 1. The number of anilines is 1. The molecule has 1 aliphatic heterocycles. The Morgan fingerprint density at radius 1 is 0.879 bits per heavy atom. The molecule has 0 aliphatic carbocycles. The van der Waals surface area contributed by atoms with Crippen LogP contribution < -0.4 is 10.1 Å². The maximum atomic E-state index is 13.4. The van der Waals surface area contributed by atoms with Crippen LogP contribution in [0.5, 0.6) is 11.5 Å². The van der Waals surface area contributed by atoms with E-state index in [9.17, 15) is 4.79 Å². The zero-order valence-corrected chi connectivity index (χ0v) is 18.7. The van der Waals surface area contributed by atoms with Crippen molar-refractivity contribution in [3.8, 4) is 22.1 Å². The molecule has 2 heterocycles. The molecular formula is C28H20N2O2S. The number of hydrogen-bond donors (Lipinski definition) is 1. The number of amides is 1. The minimum atomic E-state index is -0.432. The van der Waals surface area contributed by atoms with E-state index in [-0.39, 0.29) is 5.91 Å². The highest BCUT2D eigenvalue weighted by Crippen LogP contribution is 2.44. The quantitative estimate of drug-likeness (QED) is 0.319. The second-order valence-electron chi connectivity index (χ2n) is 8.17. The first-order valence-electron chi connectivity index (χ1n) is 10.8. The normalized spacial score (nSPS) is 12.6. The molecular weight excluding hydrogens is 428 g/mol. The van der Waals surface area contributed by atoms with Crippen molar-refractivity contribution in [3.05, 3.63) is 108 Å². The van der Waals surface area contributed by atoms with Gasteiger partial charge in [-0.05, 0) is 61.0 Å². The lowest BCUT2D eigenvalue weighted by atomic mass is 9.87. The van der Waals surface area contributed by atoms with Crippen molar-refractivity contribution < 1.29 is 9.53 Å². The van der Waals surface area contributed by atoms with Gasteiger partial charge in [0.2, 0.25) is 5.91 Å². The van der Waals surface area contributed by atoms with E-state index in [2.05, 4.69) is 30.4 Å². The maximum Gasteiger partial charge on any atom is 0.236 e. The van der Waals surface area contributed by atoms with Crippen LogP contribution in [-0.4, -0.2) is 10.9 Å². The lowest BCUT2D eigenvalue weighted by Crippen LogP contribution is -2.25. The number of benzene rings is 4. The van der Waals surface area contributed by atoms with Gasteiger partial charge in [-0.2, -0.15) is 0 Å². The standard InChI is InChI=1S/C28H20N2O2S/c1-17-10-15-22-25(16-17)33-28(30-22)18-11-13-19(14-12-18)29-27(31)26-20-6-2-4-8-23(20)32-24-9-5-3-7-21(24)26/h2-16,26H,1H3,(H,29,31). The lowest BCUT2D eigenvalue weighted by molar-refractivity contribution is -0.116. The molecule has 6 rings (SSSR count). The van der Waals surface area contributed by atoms with E-state index in [4.69, 9.17) is 9.72 Å². The van der Waals surface area contributed by atoms with Crippen molar-refractivity contribution in [2.45, 2.75) is 12.8 Å². The van der Waals surface area contributed by atoms with Crippen LogP contribution in [0.25, 0.3) is 20.8 Å². The fraction of sp³-hybridized carbons (Fsp3) is 0.0714. The van der Waals surface area contributed by atoms with Crippen LogP contribution in [0.15, 0.2) is 91.0 Å². The van der Waals surface area contributed by atoms with Crippen LogP contribution in [-0.2, 0) is 4.79 Å². The zero-order valence-electron chi connectivity index (χ0n) is 17.9. The van der Waals surface area contributed by atoms with Gasteiger partial charge >= 0.3 is 0 Å². The predicted molar refractivity (Wildman–Crippen MR) is 133 cm³/mol. The SMILES string of the molecule is Cc1ccc2nc(-c3ccc(NC(=O)C4c5ccccc5Oc5ccccc54)cc3)sc2c1. The van der Waals surface area contributed by atoms with E-state index in [1.807, 2.05) is 72.8 Å². The average Bonchev–Trinajstić information content (AvgIpc) is 3.26. The molecule has 0 bridgehead atoms. The predicted octanol–water partition coefficient (Wildman–Crippen LogP) is 7.15. The number of thiazole rings is 1. The first kappa shape index (κ1) is 19.7. The molecule has 0 fully saturated rings. The number of aromatic nitrogens is 1. The first-order chi connectivity index (χ1) is 16.2.